The molecule has 9 heavy (non-hydrogen) atoms. The summed E-state index contributed by atoms with van der Waals surface area (Å²) >= 11 is 7.76. The second kappa shape index (κ2) is 6.36. The topological polar surface area (TPSA) is 12.9 Å². The molecular weight excluding hydrogens is 302 g/mol. The van der Waals surface area contributed by atoms with Crippen LogP contribution in [-0.4, -0.2) is 28.0 Å². The van der Waals surface area contributed by atoms with E-state index in [-0.39, 0.29) is 35.5 Å². The maximum atomic E-state index is 3.91. The van der Waals surface area contributed by atoms with E-state index >= 15 is 0 Å². The van der Waals surface area contributed by atoms with Crippen LogP contribution in [-0.2, 0) is 0 Å². The average molecular weight is 302 g/mol. The Hall–Kier alpha value is 1.65. The molecule has 0 N–H and O–H groups in total. The summed E-state index contributed by atoms with van der Waals surface area (Å²) in [6, 6.07) is 0. The third-order valence-corrected chi connectivity index (χ3v) is 2.26. The summed E-state index contributed by atoms with van der Waals surface area (Å²) in [6.45, 7) is 0. The molecule has 1 aromatic heterocycles. The van der Waals surface area contributed by atoms with Crippen molar-refractivity contribution in [1.82, 2.24) is 4.98 Å². The third-order valence-electron chi connectivity index (χ3n) is 0.406. The van der Waals surface area contributed by atoms with Gasteiger partial charge in [-0.15, -0.1) is 15.9 Å². The third kappa shape index (κ3) is 4.98. The Morgan fingerprint density at radius 1 is 1.44 bits per heavy atom. The van der Waals surface area contributed by atoms with Crippen molar-refractivity contribution in [2.45, 2.75) is 0 Å². The second-order valence-electron chi connectivity index (χ2n) is 0.860. The SMILES string of the molecule is Brc1[c-]sc(Br)n1.[Cl-].[Mg+2]. The van der Waals surface area contributed by atoms with Gasteiger partial charge in [0.1, 0.15) is 0 Å². The number of rotatable bonds is 0. The molecule has 0 bridgehead atoms. The summed E-state index contributed by atoms with van der Waals surface area (Å²) in [7, 11) is 0. The van der Waals surface area contributed by atoms with Gasteiger partial charge in [-0.1, -0.05) is 15.9 Å². The quantitative estimate of drug-likeness (QED) is 0.447. The normalized spacial score (nSPS) is 7.33. The molecule has 0 aliphatic heterocycles. The van der Waals surface area contributed by atoms with Gasteiger partial charge in [0.15, 0.2) is 0 Å². The minimum Gasteiger partial charge on any atom is -1.00 e. The van der Waals surface area contributed by atoms with Crippen LogP contribution in [0.3, 0.4) is 0 Å². The van der Waals surface area contributed by atoms with Crippen molar-refractivity contribution in [2.24, 2.45) is 0 Å². The summed E-state index contributed by atoms with van der Waals surface area (Å²) in [5.41, 5.74) is 0. The van der Waals surface area contributed by atoms with E-state index < -0.39 is 0 Å². The van der Waals surface area contributed by atoms with Gasteiger partial charge in [0, 0.05) is 8.52 Å². The fourth-order valence-electron chi connectivity index (χ4n) is 0.207. The average Bonchev–Trinajstić information content (AvgIpc) is 1.87. The van der Waals surface area contributed by atoms with Crippen LogP contribution in [0, 0.1) is 5.38 Å². The van der Waals surface area contributed by atoms with Crippen LogP contribution in [0.15, 0.2) is 8.52 Å². The van der Waals surface area contributed by atoms with Gasteiger partial charge in [-0.05, 0) is 0 Å². The molecule has 0 unspecified atom stereocenters. The van der Waals surface area contributed by atoms with Gasteiger partial charge in [0.2, 0.25) is 0 Å². The van der Waals surface area contributed by atoms with E-state index in [1.807, 2.05) is 0 Å². The Morgan fingerprint density at radius 2 is 2.00 bits per heavy atom. The maximum Gasteiger partial charge on any atom is 2.00 e. The predicted molar refractivity (Wildman–Crippen MR) is 42.1 cm³/mol. The van der Waals surface area contributed by atoms with Crippen LogP contribution in [0.1, 0.15) is 0 Å². The number of halogens is 3. The van der Waals surface area contributed by atoms with Crippen LogP contribution in [0.25, 0.3) is 0 Å². The molecule has 0 saturated heterocycles. The Bertz CT molecular complexity index is 154. The minimum absolute atomic E-state index is 0. The zero-order valence-electron chi connectivity index (χ0n) is 4.20. The zero-order chi connectivity index (χ0) is 5.28. The van der Waals surface area contributed by atoms with Crippen molar-refractivity contribution in [1.29, 1.82) is 0 Å². The van der Waals surface area contributed by atoms with Crippen LogP contribution >= 0.6 is 43.2 Å². The number of hydrogen-bond acceptors (Lipinski definition) is 2. The van der Waals surface area contributed by atoms with E-state index in [1.165, 1.54) is 11.3 Å². The van der Waals surface area contributed by atoms with E-state index in [1.54, 1.807) is 0 Å². The predicted octanol–water partition coefficient (Wildman–Crippen LogP) is -0.909. The van der Waals surface area contributed by atoms with Crippen molar-refractivity contribution in [3.05, 3.63) is 13.9 Å². The Morgan fingerprint density at radius 3 is 2.11 bits per heavy atom. The van der Waals surface area contributed by atoms with Crippen molar-refractivity contribution in [3.8, 4) is 0 Å². The van der Waals surface area contributed by atoms with Gasteiger partial charge in [-0.2, -0.15) is 5.38 Å². The molecule has 0 atom stereocenters. The number of aromatic nitrogens is 1. The molecule has 6 heteroatoms. The second-order valence-corrected chi connectivity index (χ2v) is 3.68. The Kier molecular flexibility index (Phi) is 9.37. The molecular formula is C3Br2ClMgNS. The fraction of sp³-hybridized carbons (Fsp3) is 0. The minimum atomic E-state index is 0. The van der Waals surface area contributed by atoms with Crippen molar-refractivity contribution in [3.63, 3.8) is 0 Å². The summed E-state index contributed by atoms with van der Waals surface area (Å²) in [5.74, 6) is 0. The molecule has 1 heterocycles. The van der Waals surface area contributed by atoms with Gasteiger partial charge in [-0.3, -0.25) is 0 Å². The molecule has 0 fully saturated rings. The number of thiazole rings is 1. The first kappa shape index (κ1) is 13.3. The monoisotopic (exact) mass is 299 g/mol. The fourth-order valence-corrected chi connectivity index (χ4v) is 1.75. The molecule has 0 radical (unpaired) electrons. The van der Waals surface area contributed by atoms with E-state index in [0.717, 1.165) is 8.52 Å². The summed E-state index contributed by atoms with van der Waals surface area (Å²) in [5, 5.41) is 2.87. The van der Waals surface area contributed by atoms with Crippen LogP contribution in [0.2, 0.25) is 0 Å². The zero-order valence-corrected chi connectivity index (χ0v) is 10.4. The van der Waals surface area contributed by atoms with Crippen molar-refractivity contribution in [2.75, 3.05) is 0 Å². The molecule has 46 valence electrons. The largest absolute Gasteiger partial charge is 2.00 e. The van der Waals surface area contributed by atoms with E-state index in [0.29, 0.717) is 0 Å². The Labute approximate surface area is 96.4 Å². The van der Waals surface area contributed by atoms with Gasteiger partial charge >= 0.3 is 23.1 Å². The molecule has 1 rings (SSSR count). The van der Waals surface area contributed by atoms with E-state index in [9.17, 15) is 0 Å². The molecule has 0 aliphatic carbocycles. The molecule has 0 aromatic carbocycles. The molecule has 0 spiro atoms. The number of hydrogen-bond donors (Lipinski definition) is 0. The number of nitrogens with zero attached hydrogens (tertiary/aromatic N) is 1. The molecule has 0 saturated carbocycles. The van der Waals surface area contributed by atoms with Crippen LogP contribution in [0.5, 0.6) is 0 Å². The summed E-state index contributed by atoms with van der Waals surface area (Å²) in [4.78, 5) is 3.91. The molecule has 1 nitrogen and oxygen atoms in total. The summed E-state index contributed by atoms with van der Waals surface area (Å²) < 4.78 is 1.63. The standard InChI is InChI=1S/C3Br2NS.ClH.Mg/c4-2-1-7-3(5)6-2;;/h;1H;/q-1;;+2/p-1. The smallest absolute Gasteiger partial charge is 1.00 e. The van der Waals surface area contributed by atoms with E-state index in [2.05, 4.69) is 42.2 Å². The van der Waals surface area contributed by atoms with Crippen LogP contribution in [0.4, 0.5) is 0 Å². The van der Waals surface area contributed by atoms with Crippen LogP contribution < -0.4 is 12.4 Å². The van der Waals surface area contributed by atoms with Crippen molar-refractivity contribution >= 4 is 66.2 Å². The first-order valence-corrected chi connectivity index (χ1v) is 3.89. The Balaban J connectivity index is 0. The maximum absolute atomic E-state index is 3.91. The van der Waals surface area contributed by atoms with E-state index in [4.69, 9.17) is 0 Å². The molecule has 0 aliphatic rings. The molecule has 1 aromatic rings. The molecule has 0 amide bonds. The summed E-state index contributed by atoms with van der Waals surface area (Å²) in [6.07, 6.45) is 0. The van der Waals surface area contributed by atoms with Gasteiger partial charge in [0.05, 0.1) is 0 Å². The van der Waals surface area contributed by atoms with Gasteiger partial charge < -0.3 is 28.7 Å². The first-order chi connectivity index (χ1) is 3.29. The van der Waals surface area contributed by atoms with Crippen molar-refractivity contribution < 1.29 is 12.4 Å². The van der Waals surface area contributed by atoms with Gasteiger partial charge in [0.25, 0.3) is 0 Å². The van der Waals surface area contributed by atoms with Gasteiger partial charge in [-0.25, -0.2) is 0 Å². The first-order valence-electron chi connectivity index (χ1n) is 1.48.